The van der Waals surface area contributed by atoms with Gasteiger partial charge in [0, 0.05) is 20.4 Å². The topological polar surface area (TPSA) is 97.0 Å². The molecule has 3 heterocycles. The van der Waals surface area contributed by atoms with Gasteiger partial charge >= 0.3 is 0 Å². The van der Waals surface area contributed by atoms with Gasteiger partial charge in [-0.05, 0) is 25.5 Å². The van der Waals surface area contributed by atoms with E-state index >= 15 is 0 Å². The fraction of sp³-hybridized carbons (Fsp3) is 0.389. The van der Waals surface area contributed by atoms with Crippen molar-refractivity contribution in [2.75, 3.05) is 18.0 Å². The predicted octanol–water partition coefficient (Wildman–Crippen LogP) is 1.87. The number of hydrogen-bond acceptors (Lipinski definition) is 7. The molecule has 8 nitrogen and oxygen atoms in total. The second kappa shape index (κ2) is 6.05. The SMILES string of the molecule is CC(=O)N[C@]1(c2noc(C)n2)CCN(c2nc3ccccc3nc2C)C1. The van der Waals surface area contributed by atoms with Crippen molar-refractivity contribution < 1.29 is 9.32 Å². The van der Waals surface area contributed by atoms with Gasteiger partial charge in [0.2, 0.25) is 11.8 Å². The van der Waals surface area contributed by atoms with Crippen LogP contribution in [-0.2, 0) is 10.3 Å². The number of fused-ring (bicyclic) bond motifs is 1. The number of carbonyl (C=O) groups excluding carboxylic acids is 1. The summed E-state index contributed by atoms with van der Waals surface area (Å²) in [6.07, 6.45) is 0.666. The number of benzene rings is 1. The number of rotatable bonds is 3. The van der Waals surface area contributed by atoms with Gasteiger partial charge in [0.15, 0.2) is 11.6 Å². The van der Waals surface area contributed by atoms with Crippen LogP contribution >= 0.6 is 0 Å². The first-order valence-corrected chi connectivity index (χ1v) is 8.55. The van der Waals surface area contributed by atoms with E-state index in [4.69, 9.17) is 9.51 Å². The fourth-order valence-corrected chi connectivity index (χ4v) is 3.54. The Morgan fingerprint density at radius 2 is 1.92 bits per heavy atom. The maximum absolute atomic E-state index is 11.8. The van der Waals surface area contributed by atoms with Gasteiger partial charge < -0.3 is 14.7 Å². The van der Waals surface area contributed by atoms with E-state index in [0.717, 1.165) is 22.5 Å². The zero-order valence-electron chi connectivity index (χ0n) is 15.0. The molecule has 1 N–H and O–H groups in total. The summed E-state index contributed by atoms with van der Waals surface area (Å²) in [6.45, 7) is 6.41. The molecule has 1 amide bonds. The molecule has 0 saturated carbocycles. The number of hydrogen-bond donors (Lipinski definition) is 1. The summed E-state index contributed by atoms with van der Waals surface area (Å²) in [5, 5.41) is 7.09. The van der Waals surface area contributed by atoms with Crippen molar-refractivity contribution in [3.63, 3.8) is 0 Å². The van der Waals surface area contributed by atoms with Crippen LogP contribution in [0.4, 0.5) is 5.82 Å². The van der Waals surface area contributed by atoms with Gasteiger partial charge in [-0.25, -0.2) is 9.97 Å². The van der Waals surface area contributed by atoms with E-state index in [9.17, 15) is 4.79 Å². The van der Waals surface area contributed by atoms with E-state index in [1.54, 1.807) is 6.92 Å². The number of anilines is 1. The third-order valence-electron chi connectivity index (χ3n) is 4.66. The van der Waals surface area contributed by atoms with Gasteiger partial charge in [0.25, 0.3) is 0 Å². The lowest BCUT2D eigenvalue weighted by molar-refractivity contribution is -0.120. The monoisotopic (exact) mass is 352 g/mol. The lowest BCUT2D eigenvalue weighted by atomic mass is 9.97. The summed E-state index contributed by atoms with van der Waals surface area (Å²) in [5.74, 6) is 1.66. The van der Waals surface area contributed by atoms with E-state index in [0.29, 0.717) is 31.2 Å². The van der Waals surface area contributed by atoms with Crippen LogP contribution in [0.1, 0.15) is 30.8 Å². The quantitative estimate of drug-likeness (QED) is 0.768. The smallest absolute Gasteiger partial charge is 0.223 e. The molecule has 0 aliphatic carbocycles. The van der Waals surface area contributed by atoms with Crippen LogP contribution in [0.15, 0.2) is 28.8 Å². The molecule has 2 aromatic heterocycles. The zero-order valence-corrected chi connectivity index (χ0v) is 15.0. The Kier molecular flexibility index (Phi) is 3.82. The number of para-hydroxylation sites is 2. The normalized spacial score (nSPS) is 19.9. The lowest BCUT2D eigenvalue weighted by Gasteiger charge is -2.27. The minimum absolute atomic E-state index is 0.129. The predicted molar refractivity (Wildman–Crippen MR) is 95.6 cm³/mol. The first-order valence-electron chi connectivity index (χ1n) is 8.55. The largest absolute Gasteiger partial charge is 0.352 e. The van der Waals surface area contributed by atoms with E-state index in [2.05, 4.69) is 25.3 Å². The summed E-state index contributed by atoms with van der Waals surface area (Å²) in [7, 11) is 0. The Morgan fingerprint density at radius 3 is 2.58 bits per heavy atom. The molecule has 134 valence electrons. The van der Waals surface area contributed by atoms with Crippen LogP contribution in [-0.4, -0.2) is 39.1 Å². The summed E-state index contributed by atoms with van der Waals surface area (Å²) >= 11 is 0. The van der Waals surface area contributed by atoms with Gasteiger partial charge in [0.1, 0.15) is 5.54 Å². The molecule has 26 heavy (non-hydrogen) atoms. The van der Waals surface area contributed by atoms with Crippen LogP contribution in [0.2, 0.25) is 0 Å². The highest BCUT2D eigenvalue weighted by Gasteiger charge is 2.45. The standard InChI is InChI=1S/C18H20N6O2/c1-11-16(21-15-7-5-4-6-14(15)19-11)24-9-8-18(10-24,22-12(2)25)17-20-13(3)26-23-17/h4-7H,8-10H2,1-3H3,(H,22,25)/t18-/m1/s1. The molecule has 0 bridgehead atoms. The molecule has 0 unspecified atom stereocenters. The zero-order chi connectivity index (χ0) is 18.3. The Hall–Kier alpha value is -3.03. The third kappa shape index (κ3) is 2.77. The minimum Gasteiger partial charge on any atom is -0.352 e. The third-order valence-corrected chi connectivity index (χ3v) is 4.66. The second-order valence-electron chi connectivity index (χ2n) is 6.69. The summed E-state index contributed by atoms with van der Waals surface area (Å²) in [4.78, 5) is 27.8. The number of aryl methyl sites for hydroxylation is 2. The van der Waals surface area contributed by atoms with E-state index in [-0.39, 0.29) is 5.91 Å². The maximum atomic E-state index is 11.8. The number of carbonyl (C=O) groups is 1. The van der Waals surface area contributed by atoms with Crippen molar-refractivity contribution in [1.29, 1.82) is 0 Å². The highest BCUT2D eigenvalue weighted by atomic mass is 16.5. The Morgan fingerprint density at radius 1 is 1.19 bits per heavy atom. The molecule has 1 fully saturated rings. The average molecular weight is 352 g/mol. The minimum atomic E-state index is -0.691. The van der Waals surface area contributed by atoms with Crippen LogP contribution < -0.4 is 10.2 Å². The molecule has 1 saturated heterocycles. The van der Waals surface area contributed by atoms with Crippen LogP contribution in [0.25, 0.3) is 11.0 Å². The van der Waals surface area contributed by atoms with Crippen LogP contribution in [0.5, 0.6) is 0 Å². The first-order chi connectivity index (χ1) is 12.5. The van der Waals surface area contributed by atoms with Crippen molar-refractivity contribution in [3.8, 4) is 0 Å². The van der Waals surface area contributed by atoms with Crippen molar-refractivity contribution >= 4 is 22.8 Å². The molecule has 1 aromatic carbocycles. The summed E-state index contributed by atoms with van der Waals surface area (Å²) in [6, 6.07) is 7.80. The number of nitrogens with one attached hydrogen (secondary N) is 1. The van der Waals surface area contributed by atoms with Crippen molar-refractivity contribution in [2.45, 2.75) is 32.7 Å². The fourth-order valence-electron chi connectivity index (χ4n) is 3.54. The molecule has 0 spiro atoms. The van der Waals surface area contributed by atoms with Crippen molar-refractivity contribution in [3.05, 3.63) is 41.7 Å². The molecular weight excluding hydrogens is 332 g/mol. The highest BCUT2D eigenvalue weighted by Crippen LogP contribution is 2.34. The van der Waals surface area contributed by atoms with Gasteiger partial charge in [-0.1, -0.05) is 17.3 Å². The van der Waals surface area contributed by atoms with Gasteiger partial charge in [-0.3, -0.25) is 4.79 Å². The molecule has 1 atom stereocenters. The maximum Gasteiger partial charge on any atom is 0.223 e. The van der Waals surface area contributed by atoms with Crippen molar-refractivity contribution in [2.24, 2.45) is 0 Å². The highest BCUT2D eigenvalue weighted by molar-refractivity contribution is 5.77. The van der Waals surface area contributed by atoms with E-state index < -0.39 is 5.54 Å². The molecule has 1 aliphatic heterocycles. The summed E-state index contributed by atoms with van der Waals surface area (Å²) in [5.41, 5.74) is 1.88. The van der Waals surface area contributed by atoms with E-state index in [1.807, 2.05) is 31.2 Å². The Labute approximate surface area is 150 Å². The number of amides is 1. The van der Waals surface area contributed by atoms with Crippen LogP contribution in [0, 0.1) is 13.8 Å². The number of nitrogens with zero attached hydrogens (tertiary/aromatic N) is 5. The first kappa shape index (κ1) is 16.4. The van der Waals surface area contributed by atoms with Crippen molar-refractivity contribution in [1.82, 2.24) is 25.4 Å². The molecule has 8 heteroatoms. The van der Waals surface area contributed by atoms with Gasteiger partial charge in [-0.15, -0.1) is 0 Å². The molecule has 0 radical (unpaired) electrons. The molecular formula is C18H20N6O2. The number of aromatic nitrogens is 4. The van der Waals surface area contributed by atoms with Gasteiger partial charge in [0.05, 0.1) is 23.3 Å². The molecule has 3 aromatic rings. The van der Waals surface area contributed by atoms with E-state index in [1.165, 1.54) is 6.92 Å². The molecule has 4 rings (SSSR count). The van der Waals surface area contributed by atoms with Crippen LogP contribution in [0.3, 0.4) is 0 Å². The Bertz CT molecular complexity index is 985. The Balaban J connectivity index is 1.72. The van der Waals surface area contributed by atoms with Gasteiger partial charge in [-0.2, -0.15) is 4.98 Å². The summed E-state index contributed by atoms with van der Waals surface area (Å²) < 4.78 is 5.15. The molecule has 1 aliphatic rings. The average Bonchev–Trinajstić information content (AvgIpc) is 3.21. The lowest BCUT2D eigenvalue weighted by Crippen LogP contribution is -2.48. The second-order valence-corrected chi connectivity index (χ2v) is 6.69.